The van der Waals surface area contributed by atoms with Crippen molar-refractivity contribution in [2.24, 2.45) is 0 Å². The van der Waals surface area contributed by atoms with Gasteiger partial charge in [0.1, 0.15) is 11.2 Å². The van der Waals surface area contributed by atoms with E-state index >= 15 is 0 Å². The summed E-state index contributed by atoms with van der Waals surface area (Å²) in [7, 11) is -1.86. The van der Waals surface area contributed by atoms with Crippen LogP contribution in [-0.4, -0.2) is 31.2 Å². The maximum absolute atomic E-state index is 12.4. The number of rotatable bonds is 4. The predicted octanol–water partition coefficient (Wildman–Crippen LogP) is 4.03. The van der Waals surface area contributed by atoms with Gasteiger partial charge in [-0.05, 0) is 41.5 Å². The molecule has 0 aliphatic rings. The van der Waals surface area contributed by atoms with Crippen molar-refractivity contribution in [1.82, 2.24) is 0 Å². The maximum Gasteiger partial charge on any atom is 0.338 e. The summed E-state index contributed by atoms with van der Waals surface area (Å²) >= 11 is 0. The van der Waals surface area contributed by atoms with Gasteiger partial charge in [0.25, 0.3) is 0 Å². The number of hydrogen-bond acceptors (Lipinski definition) is 4. The number of carbonyl (C=O) groups excluding carboxylic acids is 2. The minimum atomic E-state index is -1.86. The first-order valence-electron chi connectivity index (χ1n) is 7.41. The van der Waals surface area contributed by atoms with Crippen LogP contribution in [0, 0.1) is 0 Å². The van der Waals surface area contributed by atoms with Crippen molar-refractivity contribution in [3.05, 3.63) is 23.4 Å². The number of esters is 2. The first-order chi connectivity index (χ1) is 9.53. The van der Waals surface area contributed by atoms with Gasteiger partial charge in [0.15, 0.2) is 0 Å². The van der Waals surface area contributed by atoms with Crippen LogP contribution in [0.3, 0.4) is 0 Å². The zero-order valence-corrected chi connectivity index (χ0v) is 16.4. The largest absolute Gasteiger partial charge is 0.457 e. The lowest BCUT2D eigenvalue weighted by Gasteiger charge is -2.25. The van der Waals surface area contributed by atoms with E-state index in [1.807, 2.05) is 0 Å². The SMILES string of the molecule is C=C(C(=CC(=O)OC(C)(C)C)C(=O)OC(C)(C)C)[Si](C)(C)C. The molecule has 0 aromatic carbocycles. The van der Waals surface area contributed by atoms with E-state index in [1.165, 1.54) is 6.08 Å². The summed E-state index contributed by atoms with van der Waals surface area (Å²) < 4.78 is 10.7. The van der Waals surface area contributed by atoms with Crippen LogP contribution < -0.4 is 0 Å². The standard InChI is InChI=1S/C17H30O4Si/c1-12(22(8,9)10)13(15(19)21-17(5,6)7)11-14(18)20-16(2,3)4/h11H,1H2,2-10H3. The van der Waals surface area contributed by atoms with E-state index in [-0.39, 0.29) is 5.57 Å². The van der Waals surface area contributed by atoms with Crippen LogP contribution in [0.25, 0.3) is 0 Å². The molecular weight excluding hydrogens is 296 g/mol. The molecule has 126 valence electrons. The second-order valence-electron chi connectivity index (χ2n) is 8.32. The number of ether oxygens (including phenoxy) is 2. The summed E-state index contributed by atoms with van der Waals surface area (Å²) in [6, 6.07) is 0. The van der Waals surface area contributed by atoms with E-state index in [1.54, 1.807) is 41.5 Å². The molecule has 4 nitrogen and oxygen atoms in total. The predicted molar refractivity (Wildman–Crippen MR) is 92.3 cm³/mol. The highest BCUT2D eigenvalue weighted by Crippen LogP contribution is 2.24. The van der Waals surface area contributed by atoms with Crippen LogP contribution in [-0.2, 0) is 19.1 Å². The fraction of sp³-hybridized carbons (Fsp3) is 0.647. The van der Waals surface area contributed by atoms with Crippen molar-refractivity contribution in [2.45, 2.75) is 72.4 Å². The molecule has 0 bridgehead atoms. The van der Waals surface area contributed by atoms with Gasteiger partial charge in [0.05, 0.1) is 13.6 Å². The molecular formula is C17H30O4Si. The third-order valence-corrected chi connectivity index (χ3v) is 4.60. The van der Waals surface area contributed by atoms with Gasteiger partial charge in [-0.3, -0.25) is 0 Å². The van der Waals surface area contributed by atoms with E-state index < -0.39 is 31.2 Å². The van der Waals surface area contributed by atoms with Crippen LogP contribution in [0.15, 0.2) is 23.4 Å². The summed E-state index contributed by atoms with van der Waals surface area (Å²) in [5.74, 6) is -1.10. The molecule has 22 heavy (non-hydrogen) atoms. The second-order valence-corrected chi connectivity index (χ2v) is 13.4. The molecule has 0 atom stereocenters. The Bertz CT molecular complexity index is 482. The molecule has 0 fully saturated rings. The second kappa shape index (κ2) is 6.81. The fourth-order valence-electron chi connectivity index (χ4n) is 1.46. The lowest BCUT2D eigenvalue weighted by atomic mass is 10.1. The summed E-state index contributed by atoms with van der Waals surface area (Å²) in [5, 5.41) is 0.674. The molecule has 0 radical (unpaired) electrons. The first-order valence-corrected chi connectivity index (χ1v) is 10.9. The third kappa shape index (κ3) is 8.17. The molecule has 5 heteroatoms. The van der Waals surface area contributed by atoms with Gasteiger partial charge < -0.3 is 9.47 Å². The zero-order chi connectivity index (χ0) is 17.9. The zero-order valence-electron chi connectivity index (χ0n) is 15.4. The Morgan fingerprint density at radius 2 is 1.32 bits per heavy atom. The monoisotopic (exact) mass is 326 g/mol. The number of carbonyl (C=O) groups is 2. The Labute approximate surface area is 135 Å². The molecule has 0 heterocycles. The molecule has 0 aromatic rings. The highest BCUT2D eigenvalue weighted by atomic mass is 28.3. The molecule has 0 N–H and O–H groups in total. The lowest BCUT2D eigenvalue weighted by Crippen LogP contribution is -2.32. The van der Waals surface area contributed by atoms with Crippen LogP contribution >= 0.6 is 0 Å². The van der Waals surface area contributed by atoms with Gasteiger partial charge in [-0.1, -0.05) is 31.4 Å². The molecule has 0 aromatic heterocycles. The van der Waals surface area contributed by atoms with Gasteiger partial charge in [-0.25, -0.2) is 9.59 Å². The molecule has 0 rings (SSSR count). The van der Waals surface area contributed by atoms with Crippen LogP contribution in [0.5, 0.6) is 0 Å². The fourth-order valence-corrected chi connectivity index (χ4v) is 2.44. The van der Waals surface area contributed by atoms with E-state index in [0.717, 1.165) is 0 Å². The normalized spacial score (nSPS) is 13.6. The van der Waals surface area contributed by atoms with Crippen molar-refractivity contribution >= 4 is 20.0 Å². The van der Waals surface area contributed by atoms with Crippen molar-refractivity contribution in [1.29, 1.82) is 0 Å². The molecule has 0 amide bonds. The van der Waals surface area contributed by atoms with Gasteiger partial charge >= 0.3 is 11.9 Å². The first kappa shape index (κ1) is 20.6. The molecule has 0 saturated heterocycles. The minimum Gasteiger partial charge on any atom is -0.457 e. The van der Waals surface area contributed by atoms with Crippen molar-refractivity contribution in [3.63, 3.8) is 0 Å². The molecule has 0 unspecified atom stereocenters. The van der Waals surface area contributed by atoms with E-state index in [9.17, 15) is 9.59 Å². The van der Waals surface area contributed by atoms with Crippen LogP contribution in [0.4, 0.5) is 0 Å². The third-order valence-electron chi connectivity index (χ3n) is 2.52. The highest BCUT2D eigenvalue weighted by Gasteiger charge is 2.29. The number of hydrogen-bond donors (Lipinski definition) is 0. The average Bonchev–Trinajstić information content (AvgIpc) is 2.18. The van der Waals surface area contributed by atoms with E-state index in [2.05, 4.69) is 26.2 Å². The van der Waals surface area contributed by atoms with Crippen LogP contribution in [0.1, 0.15) is 41.5 Å². The Hall–Kier alpha value is -1.36. The minimum absolute atomic E-state index is 0.211. The molecule has 0 aliphatic heterocycles. The van der Waals surface area contributed by atoms with Crippen molar-refractivity contribution in [2.75, 3.05) is 0 Å². The summed E-state index contributed by atoms with van der Waals surface area (Å²) in [5.41, 5.74) is -1.04. The molecule has 0 spiro atoms. The Balaban J connectivity index is 5.58. The van der Waals surface area contributed by atoms with E-state index in [0.29, 0.717) is 5.20 Å². The maximum atomic E-state index is 12.4. The van der Waals surface area contributed by atoms with Gasteiger partial charge in [0, 0.05) is 6.08 Å². The average molecular weight is 327 g/mol. The van der Waals surface area contributed by atoms with Crippen molar-refractivity contribution < 1.29 is 19.1 Å². The summed E-state index contributed by atoms with van der Waals surface area (Å²) in [6.07, 6.45) is 1.21. The topological polar surface area (TPSA) is 52.6 Å². The lowest BCUT2D eigenvalue weighted by molar-refractivity contribution is -0.152. The molecule has 0 aliphatic carbocycles. The van der Waals surface area contributed by atoms with Gasteiger partial charge in [0.2, 0.25) is 0 Å². The van der Waals surface area contributed by atoms with Crippen LogP contribution in [0.2, 0.25) is 19.6 Å². The van der Waals surface area contributed by atoms with Crippen molar-refractivity contribution in [3.8, 4) is 0 Å². The van der Waals surface area contributed by atoms with Gasteiger partial charge in [-0.15, -0.1) is 0 Å². The van der Waals surface area contributed by atoms with E-state index in [4.69, 9.17) is 9.47 Å². The quantitative estimate of drug-likeness (QED) is 0.339. The Morgan fingerprint density at radius 3 is 1.64 bits per heavy atom. The Kier molecular flexibility index (Phi) is 6.39. The highest BCUT2D eigenvalue weighted by molar-refractivity contribution is 6.84. The molecule has 0 saturated carbocycles. The summed E-state index contributed by atoms with van der Waals surface area (Å²) in [4.78, 5) is 24.4. The smallest absolute Gasteiger partial charge is 0.338 e. The van der Waals surface area contributed by atoms with Gasteiger partial charge in [-0.2, -0.15) is 0 Å². The summed E-state index contributed by atoms with van der Waals surface area (Å²) in [6.45, 7) is 20.9. The Morgan fingerprint density at radius 1 is 0.909 bits per heavy atom.